The number of halogens is 6. The van der Waals surface area contributed by atoms with Gasteiger partial charge in [0.05, 0.1) is 17.7 Å². The number of nitrogens with zero attached hydrogens (tertiary/aromatic N) is 3. The average Bonchev–Trinajstić information content (AvgIpc) is 2.75. The molecule has 1 aliphatic heterocycles. The van der Waals surface area contributed by atoms with Crippen LogP contribution in [-0.2, 0) is 18.9 Å². The Hall–Kier alpha value is -3.28. The monoisotopic (exact) mass is 488 g/mol. The average molecular weight is 488 g/mol. The van der Waals surface area contributed by atoms with Crippen molar-refractivity contribution in [3.05, 3.63) is 65.2 Å². The molecule has 0 bridgehead atoms. The molecule has 184 valence electrons. The SMILES string of the molecule is CCCCN1C(=O)N=C(Nc2cccc(C(F)(F)F)c2)N(Cc2cccc(C(F)(F)F)c2)C1O. The maximum absolute atomic E-state index is 13.1. The van der Waals surface area contributed by atoms with E-state index in [0.29, 0.717) is 12.8 Å². The molecule has 2 N–H and O–H groups in total. The standard InChI is InChI=1S/C22H22F6N4O2/c1-2-3-10-31-19(33)30-18(29-17-9-5-8-16(12-17)22(26,27)28)32(20(31)34)13-14-6-4-7-15(11-14)21(23,24)25/h4-9,11-12,20,34H,2-3,10,13H2,1H3,(H,29,30,33). The fraction of sp³-hybridized carbons (Fsp3) is 0.364. The normalized spacial score (nSPS) is 17.1. The second-order valence-electron chi connectivity index (χ2n) is 7.64. The van der Waals surface area contributed by atoms with Gasteiger partial charge in [-0.25, -0.2) is 4.79 Å². The third-order valence-electron chi connectivity index (χ3n) is 5.08. The highest BCUT2D eigenvalue weighted by atomic mass is 19.4. The summed E-state index contributed by atoms with van der Waals surface area (Å²) in [5.41, 5.74) is -1.77. The maximum atomic E-state index is 13.1. The summed E-state index contributed by atoms with van der Waals surface area (Å²) in [5, 5.41) is 13.4. The number of rotatable bonds is 6. The Balaban J connectivity index is 1.95. The van der Waals surface area contributed by atoms with Gasteiger partial charge in [-0.1, -0.05) is 31.5 Å². The zero-order chi connectivity index (χ0) is 25.1. The lowest BCUT2D eigenvalue weighted by molar-refractivity contribution is -0.138. The number of aliphatic hydroxyl groups excluding tert-OH is 1. The Bertz CT molecular complexity index is 1050. The lowest BCUT2D eigenvalue weighted by atomic mass is 10.1. The summed E-state index contributed by atoms with van der Waals surface area (Å²) in [7, 11) is 0. The predicted molar refractivity (Wildman–Crippen MR) is 113 cm³/mol. The number of amides is 2. The van der Waals surface area contributed by atoms with Gasteiger partial charge in [-0.3, -0.25) is 9.80 Å². The number of hydrogen-bond donors (Lipinski definition) is 2. The molecule has 12 heteroatoms. The highest BCUT2D eigenvalue weighted by Crippen LogP contribution is 2.32. The van der Waals surface area contributed by atoms with E-state index in [1.54, 1.807) is 0 Å². The molecule has 0 aliphatic carbocycles. The van der Waals surface area contributed by atoms with E-state index in [0.717, 1.165) is 40.1 Å². The van der Waals surface area contributed by atoms with Crippen LogP contribution < -0.4 is 5.32 Å². The van der Waals surface area contributed by atoms with E-state index in [1.807, 2.05) is 6.92 Å². The number of alkyl halides is 6. The Morgan fingerprint density at radius 1 is 0.971 bits per heavy atom. The van der Waals surface area contributed by atoms with Crippen LogP contribution in [0.5, 0.6) is 0 Å². The molecule has 1 unspecified atom stereocenters. The first-order chi connectivity index (χ1) is 15.9. The topological polar surface area (TPSA) is 68.2 Å². The van der Waals surface area contributed by atoms with Gasteiger partial charge >= 0.3 is 18.4 Å². The van der Waals surface area contributed by atoms with E-state index in [2.05, 4.69) is 10.3 Å². The first-order valence-electron chi connectivity index (χ1n) is 10.3. The summed E-state index contributed by atoms with van der Waals surface area (Å²) in [4.78, 5) is 18.5. The van der Waals surface area contributed by atoms with Crippen LogP contribution in [0.3, 0.4) is 0 Å². The van der Waals surface area contributed by atoms with Crippen LogP contribution in [0.15, 0.2) is 53.5 Å². The minimum Gasteiger partial charge on any atom is -0.356 e. The molecule has 0 radical (unpaired) electrons. The molecule has 34 heavy (non-hydrogen) atoms. The van der Waals surface area contributed by atoms with Crippen molar-refractivity contribution in [1.82, 2.24) is 9.80 Å². The molecule has 0 aromatic heterocycles. The zero-order valence-corrected chi connectivity index (χ0v) is 18.0. The molecule has 2 aromatic carbocycles. The van der Waals surface area contributed by atoms with Crippen LogP contribution in [0.4, 0.5) is 36.8 Å². The fourth-order valence-electron chi connectivity index (χ4n) is 3.34. The second kappa shape index (κ2) is 9.92. The molecule has 1 aliphatic rings. The molecule has 1 heterocycles. The van der Waals surface area contributed by atoms with Crippen LogP contribution in [0, 0.1) is 0 Å². The van der Waals surface area contributed by atoms with Crippen molar-refractivity contribution in [2.24, 2.45) is 4.99 Å². The van der Waals surface area contributed by atoms with Crippen LogP contribution in [0.2, 0.25) is 0 Å². The molecule has 0 spiro atoms. The van der Waals surface area contributed by atoms with Crippen LogP contribution >= 0.6 is 0 Å². The van der Waals surface area contributed by atoms with Crippen molar-refractivity contribution >= 4 is 17.7 Å². The van der Waals surface area contributed by atoms with E-state index in [9.17, 15) is 36.2 Å². The number of carbonyl (C=O) groups is 1. The van der Waals surface area contributed by atoms with Gasteiger partial charge in [-0.2, -0.15) is 31.3 Å². The van der Waals surface area contributed by atoms with Crippen molar-refractivity contribution in [2.75, 3.05) is 11.9 Å². The number of hydrogen-bond acceptors (Lipinski definition) is 4. The maximum Gasteiger partial charge on any atom is 0.416 e. The molecular weight excluding hydrogens is 466 g/mol. The van der Waals surface area contributed by atoms with E-state index in [1.165, 1.54) is 18.2 Å². The summed E-state index contributed by atoms with van der Waals surface area (Å²) in [6.07, 6.45) is -9.57. The van der Waals surface area contributed by atoms with Crippen molar-refractivity contribution < 1.29 is 36.2 Å². The van der Waals surface area contributed by atoms with Gasteiger partial charge in [-0.15, -0.1) is 0 Å². The number of unbranched alkanes of at least 4 members (excludes halogenated alkanes) is 1. The summed E-state index contributed by atoms with van der Waals surface area (Å²) in [5.74, 6) is -0.290. The van der Waals surface area contributed by atoms with Gasteiger partial charge in [0.1, 0.15) is 0 Å². The zero-order valence-electron chi connectivity index (χ0n) is 18.0. The number of guanidine groups is 1. The van der Waals surface area contributed by atoms with Gasteiger partial charge in [0.15, 0.2) is 0 Å². The van der Waals surface area contributed by atoms with E-state index < -0.39 is 35.9 Å². The summed E-state index contributed by atoms with van der Waals surface area (Å²) >= 11 is 0. The lowest BCUT2D eigenvalue weighted by Crippen LogP contribution is -2.58. The molecule has 3 rings (SSSR count). The van der Waals surface area contributed by atoms with Crippen LogP contribution in [0.1, 0.15) is 36.5 Å². The Labute approximate surface area is 191 Å². The quantitative estimate of drug-likeness (QED) is 0.527. The molecule has 2 amide bonds. The number of benzene rings is 2. The van der Waals surface area contributed by atoms with E-state index >= 15 is 0 Å². The number of aliphatic hydroxyl groups is 1. The molecule has 2 aromatic rings. The number of urea groups is 1. The van der Waals surface area contributed by atoms with E-state index in [-0.39, 0.29) is 30.3 Å². The van der Waals surface area contributed by atoms with Gasteiger partial charge in [0.25, 0.3) is 0 Å². The minimum atomic E-state index is -4.62. The third-order valence-corrected chi connectivity index (χ3v) is 5.08. The third kappa shape index (κ3) is 5.99. The summed E-state index contributed by atoms with van der Waals surface area (Å²) < 4.78 is 78.6. The number of nitrogens with one attached hydrogen (secondary N) is 1. The van der Waals surface area contributed by atoms with Crippen LogP contribution in [0.25, 0.3) is 0 Å². The Morgan fingerprint density at radius 2 is 1.59 bits per heavy atom. The lowest BCUT2D eigenvalue weighted by Gasteiger charge is -2.40. The van der Waals surface area contributed by atoms with Gasteiger partial charge < -0.3 is 10.4 Å². The molecule has 1 atom stereocenters. The molecule has 0 fully saturated rings. The largest absolute Gasteiger partial charge is 0.416 e. The first-order valence-corrected chi connectivity index (χ1v) is 10.3. The molecule has 6 nitrogen and oxygen atoms in total. The van der Waals surface area contributed by atoms with Crippen molar-refractivity contribution in [3.8, 4) is 0 Å². The first kappa shape index (κ1) is 25.3. The molecule has 0 saturated carbocycles. The minimum absolute atomic E-state index is 0.0652. The highest BCUT2D eigenvalue weighted by Gasteiger charge is 2.36. The van der Waals surface area contributed by atoms with Crippen molar-refractivity contribution in [3.63, 3.8) is 0 Å². The summed E-state index contributed by atoms with van der Waals surface area (Å²) in [6, 6.07) is 7.67. The number of anilines is 1. The van der Waals surface area contributed by atoms with Gasteiger partial charge in [0, 0.05) is 12.2 Å². The number of carbonyl (C=O) groups excluding carboxylic acids is 1. The van der Waals surface area contributed by atoms with Crippen molar-refractivity contribution in [2.45, 2.75) is 45.0 Å². The van der Waals surface area contributed by atoms with Gasteiger partial charge in [-0.05, 0) is 42.3 Å². The smallest absolute Gasteiger partial charge is 0.356 e. The Morgan fingerprint density at radius 3 is 2.21 bits per heavy atom. The van der Waals surface area contributed by atoms with Crippen molar-refractivity contribution in [1.29, 1.82) is 0 Å². The van der Waals surface area contributed by atoms with Gasteiger partial charge in [0.2, 0.25) is 12.3 Å². The Kier molecular flexibility index (Phi) is 7.39. The highest BCUT2D eigenvalue weighted by molar-refractivity contribution is 6.02. The summed E-state index contributed by atoms with van der Waals surface area (Å²) in [6.45, 7) is 1.70. The van der Waals surface area contributed by atoms with Crippen LogP contribution in [-0.4, -0.2) is 39.8 Å². The molecule has 0 saturated heterocycles. The predicted octanol–water partition coefficient (Wildman–Crippen LogP) is 5.51. The fourth-order valence-corrected chi connectivity index (χ4v) is 3.34. The molecular formula is C22H22F6N4O2. The number of aliphatic imine (C=N–C) groups is 1. The second-order valence-corrected chi connectivity index (χ2v) is 7.64. The van der Waals surface area contributed by atoms with E-state index in [4.69, 9.17) is 0 Å².